The monoisotopic (exact) mass is 475 g/mol. The van der Waals surface area contributed by atoms with Crippen LogP contribution < -0.4 is 5.73 Å². The third kappa shape index (κ3) is 5.18. The Balaban J connectivity index is 1.35. The standard InChI is InChI=1S/C30H53NO3/c1-20(2)7-6-8-21(3)25-11-12-26-24-10-9-22-19-23(33-17-18-34-28(31)32)13-15-29(22,4)27(24)14-16-30(25,26)5/h20-27H,6-19H2,1-5H3,(H2,31,32). The molecule has 4 rings (SSSR count). The van der Waals surface area contributed by atoms with Crippen molar-refractivity contribution in [3.05, 3.63) is 0 Å². The van der Waals surface area contributed by atoms with Gasteiger partial charge in [0.25, 0.3) is 0 Å². The van der Waals surface area contributed by atoms with Crippen LogP contribution in [0.15, 0.2) is 0 Å². The van der Waals surface area contributed by atoms with Crippen molar-refractivity contribution in [2.45, 2.75) is 118 Å². The Bertz CT molecular complexity index is 695. The Morgan fingerprint density at radius 2 is 1.65 bits per heavy atom. The largest absolute Gasteiger partial charge is 0.447 e. The second-order valence-electron chi connectivity index (χ2n) is 13.6. The highest BCUT2D eigenvalue weighted by Gasteiger charge is 2.60. The number of ether oxygens (including phenoxy) is 2. The lowest BCUT2D eigenvalue weighted by Gasteiger charge is -2.61. The summed E-state index contributed by atoms with van der Waals surface area (Å²) < 4.78 is 11.0. The van der Waals surface area contributed by atoms with E-state index in [-0.39, 0.29) is 6.61 Å². The smallest absolute Gasteiger partial charge is 0.404 e. The maximum absolute atomic E-state index is 10.8. The van der Waals surface area contributed by atoms with Gasteiger partial charge in [-0.15, -0.1) is 0 Å². The van der Waals surface area contributed by atoms with Crippen LogP contribution in [0.1, 0.15) is 112 Å². The third-order valence-corrected chi connectivity index (χ3v) is 11.5. The maximum Gasteiger partial charge on any atom is 0.404 e. The van der Waals surface area contributed by atoms with Gasteiger partial charge in [0.2, 0.25) is 0 Å². The molecule has 0 bridgehead atoms. The van der Waals surface area contributed by atoms with E-state index in [1.807, 2.05) is 0 Å². The first-order valence-electron chi connectivity index (χ1n) is 14.7. The molecule has 0 aromatic heterocycles. The molecule has 0 aliphatic heterocycles. The fraction of sp³-hybridized carbons (Fsp3) is 0.967. The van der Waals surface area contributed by atoms with Crippen LogP contribution in [-0.4, -0.2) is 25.4 Å². The molecule has 1 amide bonds. The Kier molecular flexibility index (Phi) is 8.27. The second-order valence-corrected chi connectivity index (χ2v) is 13.6. The molecule has 4 heteroatoms. The molecule has 196 valence electrons. The van der Waals surface area contributed by atoms with E-state index in [9.17, 15) is 4.79 Å². The summed E-state index contributed by atoms with van der Waals surface area (Å²) in [6.07, 6.45) is 16.2. The fourth-order valence-electron chi connectivity index (χ4n) is 9.75. The summed E-state index contributed by atoms with van der Waals surface area (Å²) >= 11 is 0. The summed E-state index contributed by atoms with van der Waals surface area (Å²) in [4.78, 5) is 10.8. The zero-order valence-corrected chi connectivity index (χ0v) is 22.8. The van der Waals surface area contributed by atoms with E-state index in [0.29, 0.717) is 23.5 Å². The lowest BCUT2D eigenvalue weighted by molar-refractivity contribution is -0.138. The van der Waals surface area contributed by atoms with Gasteiger partial charge in [0.1, 0.15) is 6.61 Å². The predicted octanol–water partition coefficient (Wildman–Crippen LogP) is 7.59. The number of amides is 1. The van der Waals surface area contributed by atoms with Gasteiger partial charge >= 0.3 is 6.09 Å². The normalized spacial score (nSPS) is 42.5. The van der Waals surface area contributed by atoms with Crippen molar-refractivity contribution < 1.29 is 14.3 Å². The Hall–Kier alpha value is -0.770. The molecule has 9 atom stereocenters. The highest BCUT2D eigenvalue weighted by atomic mass is 16.6. The summed E-state index contributed by atoms with van der Waals surface area (Å²) in [6, 6.07) is 0. The molecule has 4 aliphatic carbocycles. The van der Waals surface area contributed by atoms with Crippen molar-refractivity contribution in [2.24, 2.45) is 58.0 Å². The van der Waals surface area contributed by atoms with E-state index in [1.54, 1.807) is 0 Å². The zero-order valence-electron chi connectivity index (χ0n) is 22.8. The minimum atomic E-state index is -0.707. The van der Waals surface area contributed by atoms with E-state index in [4.69, 9.17) is 15.2 Å². The summed E-state index contributed by atoms with van der Waals surface area (Å²) in [5, 5.41) is 0. The topological polar surface area (TPSA) is 61.6 Å². The first-order chi connectivity index (χ1) is 16.1. The molecule has 9 unspecified atom stereocenters. The Morgan fingerprint density at radius 3 is 2.38 bits per heavy atom. The first-order valence-corrected chi connectivity index (χ1v) is 14.7. The molecular formula is C30H53NO3. The van der Waals surface area contributed by atoms with Crippen molar-refractivity contribution >= 4 is 6.09 Å². The van der Waals surface area contributed by atoms with Crippen LogP contribution in [0.25, 0.3) is 0 Å². The zero-order chi connectivity index (χ0) is 24.5. The highest BCUT2D eigenvalue weighted by Crippen LogP contribution is 2.68. The molecule has 0 radical (unpaired) electrons. The molecule has 0 aromatic carbocycles. The minimum Gasteiger partial charge on any atom is -0.447 e. The van der Waals surface area contributed by atoms with Crippen LogP contribution in [0.5, 0.6) is 0 Å². The van der Waals surface area contributed by atoms with Crippen molar-refractivity contribution in [3.8, 4) is 0 Å². The molecule has 4 fully saturated rings. The van der Waals surface area contributed by atoms with Crippen LogP contribution in [0.2, 0.25) is 0 Å². The van der Waals surface area contributed by atoms with Crippen molar-refractivity contribution in [2.75, 3.05) is 13.2 Å². The van der Waals surface area contributed by atoms with Crippen molar-refractivity contribution in [1.29, 1.82) is 0 Å². The number of hydrogen-bond donors (Lipinski definition) is 1. The summed E-state index contributed by atoms with van der Waals surface area (Å²) in [5.74, 6) is 6.30. The van der Waals surface area contributed by atoms with Gasteiger partial charge in [0, 0.05) is 0 Å². The summed E-state index contributed by atoms with van der Waals surface area (Å²) in [5.41, 5.74) is 6.15. The molecular weight excluding hydrogens is 422 g/mol. The number of carbonyl (C=O) groups is 1. The van der Waals surface area contributed by atoms with Gasteiger partial charge in [-0.2, -0.15) is 0 Å². The van der Waals surface area contributed by atoms with Crippen molar-refractivity contribution in [3.63, 3.8) is 0 Å². The molecule has 2 N–H and O–H groups in total. The van der Waals surface area contributed by atoms with Crippen LogP contribution in [0.3, 0.4) is 0 Å². The highest BCUT2D eigenvalue weighted by molar-refractivity contribution is 5.64. The Labute approximate surface area is 209 Å². The average molecular weight is 476 g/mol. The van der Waals surface area contributed by atoms with E-state index < -0.39 is 6.09 Å². The van der Waals surface area contributed by atoms with Crippen LogP contribution in [0.4, 0.5) is 4.79 Å². The third-order valence-electron chi connectivity index (χ3n) is 11.5. The number of nitrogens with two attached hydrogens (primary N) is 1. The number of rotatable bonds is 9. The number of fused-ring (bicyclic) bond motifs is 5. The summed E-state index contributed by atoms with van der Waals surface area (Å²) in [7, 11) is 0. The Morgan fingerprint density at radius 1 is 0.912 bits per heavy atom. The fourth-order valence-corrected chi connectivity index (χ4v) is 9.75. The number of primary amides is 1. The van der Waals surface area contributed by atoms with E-state index >= 15 is 0 Å². The second kappa shape index (κ2) is 10.7. The average Bonchev–Trinajstić information content (AvgIpc) is 3.13. The summed E-state index contributed by atoms with van der Waals surface area (Å²) in [6.45, 7) is 13.4. The lowest BCUT2D eigenvalue weighted by atomic mass is 9.44. The van der Waals surface area contributed by atoms with Crippen LogP contribution >= 0.6 is 0 Å². The molecule has 4 saturated carbocycles. The molecule has 4 nitrogen and oxygen atoms in total. The van der Waals surface area contributed by atoms with E-state index in [0.717, 1.165) is 47.8 Å². The van der Waals surface area contributed by atoms with Gasteiger partial charge in [-0.1, -0.05) is 53.9 Å². The van der Waals surface area contributed by atoms with Gasteiger partial charge < -0.3 is 15.2 Å². The van der Waals surface area contributed by atoms with Crippen LogP contribution in [0, 0.1) is 52.3 Å². The SMILES string of the molecule is CC(C)CCCC(C)C1CCC2C3CCC4CC(OCCOC(N)=O)CCC4(C)C3CCC12C. The number of carbonyl (C=O) groups excluding carboxylic acids is 1. The van der Waals surface area contributed by atoms with Gasteiger partial charge in [-0.25, -0.2) is 4.79 Å². The van der Waals surface area contributed by atoms with Crippen LogP contribution in [-0.2, 0) is 9.47 Å². The van der Waals surface area contributed by atoms with Crippen molar-refractivity contribution in [1.82, 2.24) is 0 Å². The lowest BCUT2D eigenvalue weighted by Crippen LogP contribution is -2.54. The molecule has 4 aliphatic rings. The van der Waals surface area contributed by atoms with Gasteiger partial charge in [0.15, 0.2) is 0 Å². The predicted molar refractivity (Wildman–Crippen MR) is 138 cm³/mol. The molecule has 34 heavy (non-hydrogen) atoms. The molecule has 0 saturated heterocycles. The maximum atomic E-state index is 10.8. The molecule has 0 spiro atoms. The number of hydrogen-bond acceptors (Lipinski definition) is 3. The van der Waals surface area contributed by atoms with Gasteiger partial charge in [0.05, 0.1) is 12.7 Å². The van der Waals surface area contributed by atoms with Gasteiger partial charge in [-0.3, -0.25) is 0 Å². The van der Waals surface area contributed by atoms with E-state index in [2.05, 4.69) is 34.6 Å². The minimum absolute atomic E-state index is 0.274. The van der Waals surface area contributed by atoms with E-state index in [1.165, 1.54) is 70.6 Å². The quantitative estimate of drug-likeness (QED) is 0.349. The molecule has 0 heterocycles. The van der Waals surface area contributed by atoms with Gasteiger partial charge in [-0.05, 0) is 110 Å². The molecule has 0 aromatic rings. The first kappa shape index (κ1) is 26.3.